The third-order valence-electron chi connectivity index (χ3n) is 4.67. The molecule has 2 aromatic carbocycles. The third kappa shape index (κ3) is 5.85. The Kier molecular flexibility index (Phi) is 7.29. The Bertz CT molecular complexity index is 1360. The summed E-state index contributed by atoms with van der Waals surface area (Å²) in [5.74, 6) is -2.61. The van der Waals surface area contributed by atoms with E-state index in [4.69, 9.17) is 9.47 Å². The molecule has 0 bridgehead atoms. The Morgan fingerprint density at radius 2 is 1.74 bits per heavy atom. The van der Waals surface area contributed by atoms with Gasteiger partial charge in [-0.15, -0.1) is 10.2 Å². The Labute approximate surface area is 197 Å². The van der Waals surface area contributed by atoms with Crippen molar-refractivity contribution in [1.29, 1.82) is 0 Å². The molecule has 0 radical (unpaired) electrons. The average Bonchev–Trinajstić information content (AvgIpc) is 2.79. The van der Waals surface area contributed by atoms with Crippen molar-refractivity contribution in [3.8, 4) is 17.4 Å². The summed E-state index contributed by atoms with van der Waals surface area (Å²) in [4.78, 5) is 12.9. The topological polar surface area (TPSA) is 107 Å². The van der Waals surface area contributed by atoms with Gasteiger partial charge in [0.1, 0.15) is 11.4 Å². The average molecular weight is 513 g/mol. The number of nitrogens with zero attached hydrogens (tertiary/aromatic N) is 2. The van der Waals surface area contributed by atoms with Crippen LogP contribution in [0.1, 0.15) is 29.9 Å². The van der Waals surface area contributed by atoms with Crippen LogP contribution in [0.5, 0.6) is 17.4 Å². The first-order valence-electron chi connectivity index (χ1n) is 9.94. The highest BCUT2D eigenvalue weighted by atomic mass is 32.2. The van der Waals surface area contributed by atoms with E-state index >= 15 is 0 Å². The van der Waals surface area contributed by atoms with Gasteiger partial charge in [-0.05, 0) is 50.2 Å². The molecule has 1 amide bonds. The highest BCUT2D eigenvalue weighted by molar-refractivity contribution is 7.92. The molecule has 3 aromatic rings. The molecular formula is C22H19F4N3O5S. The van der Waals surface area contributed by atoms with E-state index in [9.17, 15) is 30.8 Å². The van der Waals surface area contributed by atoms with E-state index in [-0.39, 0.29) is 22.1 Å². The fraction of sp³-hybridized carbons (Fsp3) is 0.227. The Morgan fingerprint density at radius 1 is 1.03 bits per heavy atom. The van der Waals surface area contributed by atoms with Crippen LogP contribution >= 0.6 is 0 Å². The van der Waals surface area contributed by atoms with Crippen LogP contribution in [0, 0.1) is 5.82 Å². The van der Waals surface area contributed by atoms with Crippen LogP contribution in [0.2, 0.25) is 0 Å². The summed E-state index contributed by atoms with van der Waals surface area (Å²) in [7, 11) is -2.46. The number of ether oxygens (including phenoxy) is 2. The lowest BCUT2D eigenvalue weighted by atomic mass is 10.2. The van der Waals surface area contributed by atoms with Crippen LogP contribution in [-0.4, -0.2) is 36.9 Å². The van der Waals surface area contributed by atoms with E-state index in [1.807, 2.05) is 0 Å². The molecule has 1 heterocycles. The molecule has 0 aliphatic rings. The number of hydrogen-bond donors (Lipinski definition) is 1. The summed E-state index contributed by atoms with van der Waals surface area (Å²) >= 11 is 0. The van der Waals surface area contributed by atoms with Gasteiger partial charge in [-0.25, -0.2) is 12.8 Å². The molecule has 0 saturated carbocycles. The van der Waals surface area contributed by atoms with Gasteiger partial charge in [-0.3, -0.25) is 4.79 Å². The van der Waals surface area contributed by atoms with Gasteiger partial charge in [0.25, 0.3) is 11.8 Å². The molecule has 0 saturated heterocycles. The summed E-state index contributed by atoms with van der Waals surface area (Å²) in [6.45, 7) is 2.96. The molecule has 0 unspecified atom stereocenters. The second kappa shape index (κ2) is 9.86. The summed E-state index contributed by atoms with van der Waals surface area (Å²) in [5.41, 5.74) is -2.11. The normalized spacial score (nSPS) is 11.9. The second-order valence-electron chi connectivity index (χ2n) is 7.42. The highest BCUT2D eigenvalue weighted by Crippen LogP contribution is 2.35. The summed E-state index contributed by atoms with van der Waals surface area (Å²) in [5, 5.41) is 8.05. The molecule has 13 heteroatoms. The number of halogens is 4. The maximum absolute atomic E-state index is 13.5. The van der Waals surface area contributed by atoms with Gasteiger partial charge in [0.15, 0.2) is 27.0 Å². The van der Waals surface area contributed by atoms with Crippen LogP contribution in [0.15, 0.2) is 53.4 Å². The molecule has 0 aliphatic carbocycles. The van der Waals surface area contributed by atoms with E-state index in [1.165, 1.54) is 45.2 Å². The molecule has 186 valence electrons. The fourth-order valence-electron chi connectivity index (χ4n) is 2.81. The van der Waals surface area contributed by atoms with E-state index in [0.717, 1.165) is 18.2 Å². The molecular weight excluding hydrogens is 494 g/mol. The minimum Gasteiger partial charge on any atom is -0.493 e. The zero-order chi connectivity index (χ0) is 26.0. The van der Waals surface area contributed by atoms with E-state index in [1.54, 1.807) is 0 Å². The largest absolute Gasteiger partial charge is 0.493 e. The summed E-state index contributed by atoms with van der Waals surface area (Å²) in [6, 6.07) is 8.78. The quantitative estimate of drug-likeness (QED) is 0.449. The SMILES string of the molecule is COc1cc(F)ccc1Oc1nnc(C(F)(F)F)cc1C(=O)Nc1cccc(S(=O)(=O)C(C)C)c1. The smallest absolute Gasteiger partial charge is 0.435 e. The van der Waals surface area contributed by atoms with Gasteiger partial charge in [0, 0.05) is 11.8 Å². The zero-order valence-electron chi connectivity index (χ0n) is 18.6. The number of benzene rings is 2. The lowest BCUT2D eigenvalue weighted by Gasteiger charge is -2.14. The van der Waals surface area contributed by atoms with Gasteiger partial charge >= 0.3 is 6.18 Å². The van der Waals surface area contributed by atoms with Crippen LogP contribution in [-0.2, 0) is 16.0 Å². The molecule has 0 atom stereocenters. The Hall–Kier alpha value is -3.74. The monoisotopic (exact) mass is 513 g/mol. The van der Waals surface area contributed by atoms with Crippen molar-refractivity contribution in [2.75, 3.05) is 12.4 Å². The molecule has 1 aromatic heterocycles. The standard InChI is InChI=1S/C22H19F4N3O5S/c1-12(2)35(31,32)15-6-4-5-14(10-15)27-20(30)16-11-19(22(24,25)26)28-29-21(16)34-17-8-7-13(23)9-18(17)33-3/h4-12H,1-3H3,(H,27,30). The maximum atomic E-state index is 13.5. The fourth-order valence-corrected chi connectivity index (χ4v) is 3.91. The van der Waals surface area contributed by atoms with Crippen molar-refractivity contribution in [3.63, 3.8) is 0 Å². The molecule has 8 nitrogen and oxygen atoms in total. The number of sulfone groups is 1. The van der Waals surface area contributed by atoms with Crippen molar-refractivity contribution < 1.29 is 40.2 Å². The highest BCUT2D eigenvalue weighted by Gasteiger charge is 2.35. The maximum Gasteiger partial charge on any atom is 0.435 e. The summed E-state index contributed by atoms with van der Waals surface area (Å²) < 4.78 is 88.4. The molecule has 1 N–H and O–H groups in total. The van der Waals surface area contributed by atoms with Gasteiger partial charge in [0.2, 0.25) is 0 Å². The van der Waals surface area contributed by atoms with Crippen LogP contribution in [0.25, 0.3) is 0 Å². The van der Waals surface area contributed by atoms with Crippen molar-refractivity contribution in [2.24, 2.45) is 0 Å². The minimum absolute atomic E-state index is 0.00686. The number of rotatable bonds is 7. The lowest BCUT2D eigenvalue weighted by Crippen LogP contribution is -2.18. The number of carbonyl (C=O) groups is 1. The lowest BCUT2D eigenvalue weighted by molar-refractivity contribution is -0.141. The van der Waals surface area contributed by atoms with Gasteiger partial charge < -0.3 is 14.8 Å². The minimum atomic E-state index is -4.92. The molecule has 35 heavy (non-hydrogen) atoms. The van der Waals surface area contributed by atoms with Crippen LogP contribution in [0.4, 0.5) is 23.2 Å². The molecule has 0 fully saturated rings. The van der Waals surface area contributed by atoms with Crippen molar-refractivity contribution >= 4 is 21.4 Å². The van der Waals surface area contributed by atoms with Gasteiger partial charge in [-0.2, -0.15) is 13.2 Å². The third-order valence-corrected chi connectivity index (χ3v) is 6.82. The number of hydrogen-bond acceptors (Lipinski definition) is 7. The first kappa shape index (κ1) is 25.9. The number of carbonyl (C=O) groups excluding carboxylic acids is 1. The van der Waals surface area contributed by atoms with Crippen LogP contribution < -0.4 is 14.8 Å². The first-order chi connectivity index (χ1) is 16.3. The van der Waals surface area contributed by atoms with Crippen molar-refractivity contribution in [3.05, 3.63) is 65.6 Å². The Balaban J connectivity index is 2.02. The molecule has 3 rings (SSSR count). The number of anilines is 1. The van der Waals surface area contributed by atoms with E-state index < -0.39 is 50.1 Å². The number of methoxy groups -OCH3 is 1. The van der Waals surface area contributed by atoms with Crippen molar-refractivity contribution in [1.82, 2.24) is 10.2 Å². The summed E-state index contributed by atoms with van der Waals surface area (Å²) in [6.07, 6.45) is -4.92. The van der Waals surface area contributed by atoms with E-state index in [0.29, 0.717) is 6.07 Å². The number of alkyl halides is 3. The number of aromatic nitrogens is 2. The molecule has 0 spiro atoms. The molecule has 0 aliphatic heterocycles. The van der Waals surface area contributed by atoms with Gasteiger partial charge in [-0.1, -0.05) is 6.07 Å². The second-order valence-corrected chi connectivity index (χ2v) is 9.92. The van der Waals surface area contributed by atoms with Crippen LogP contribution in [0.3, 0.4) is 0 Å². The predicted molar refractivity (Wildman–Crippen MR) is 117 cm³/mol. The van der Waals surface area contributed by atoms with Gasteiger partial charge in [0.05, 0.1) is 17.3 Å². The predicted octanol–water partition coefficient (Wildman–Crippen LogP) is 4.87. The van der Waals surface area contributed by atoms with Crippen molar-refractivity contribution in [2.45, 2.75) is 30.2 Å². The number of nitrogens with one attached hydrogen (secondary N) is 1. The zero-order valence-corrected chi connectivity index (χ0v) is 19.4. The first-order valence-corrected chi connectivity index (χ1v) is 11.5. The number of amides is 1. The Morgan fingerprint density at radius 3 is 2.37 bits per heavy atom. The van der Waals surface area contributed by atoms with E-state index in [2.05, 4.69) is 15.5 Å².